The van der Waals surface area contributed by atoms with Gasteiger partial charge in [-0.25, -0.2) is 4.79 Å². The Hall–Kier alpha value is -1.33. The molecule has 0 amide bonds. The van der Waals surface area contributed by atoms with Gasteiger partial charge in [-0.1, -0.05) is 13.2 Å². The van der Waals surface area contributed by atoms with E-state index in [1.54, 1.807) is 12.2 Å². The molecule has 0 spiro atoms. The topological polar surface area (TPSA) is 79.0 Å². The van der Waals surface area contributed by atoms with E-state index in [0.717, 1.165) is 4.90 Å². The largest absolute Gasteiger partial charge is 1.00 e. The van der Waals surface area contributed by atoms with Crippen molar-refractivity contribution < 1.29 is 37.1 Å². The van der Waals surface area contributed by atoms with Gasteiger partial charge < -0.3 is 27.5 Å². The lowest BCUT2D eigenvalue weighted by Crippen LogP contribution is -3.16. The summed E-state index contributed by atoms with van der Waals surface area (Å²) < 4.78 is 0. The van der Waals surface area contributed by atoms with Crippen molar-refractivity contribution in [1.82, 2.24) is 0 Å². The molecule has 1 atom stereocenters. The Balaban J connectivity index is 0. The van der Waals surface area contributed by atoms with Crippen LogP contribution in [0.15, 0.2) is 25.3 Å². The molecule has 0 bridgehead atoms. The number of carboxylic acid groups (broad SMARTS) is 2. The molecule has 98 valence electrons. The van der Waals surface area contributed by atoms with Crippen LogP contribution < -0.4 is 17.3 Å². The van der Waals surface area contributed by atoms with Crippen LogP contribution in [0.2, 0.25) is 0 Å². The molecule has 0 aromatic heterocycles. The van der Waals surface area contributed by atoms with Gasteiger partial charge in [-0.15, -0.1) is 0 Å². The number of nitrogens with one attached hydrogen (secondary N) is 1. The van der Waals surface area contributed by atoms with Crippen LogP contribution in [0.25, 0.3) is 0 Å². The zero-order valence-electron chi connectivity index (χ0n) is 9.56. The zero-order chi connectivity index (χ0) is 12.6. The number of carbonyl (C=O) groups is 2. The highest BCUT2D eigenvalue weighted by Gasteiger charge is 2.28. The summed E-state index contributed by atoms with van der Waals surface area (Å²) in [6.45, 7) is 8.06. The number of carboxylic acids is 2. The number of quaternary nitrogens is 1. The van der Waals surface area contributed by atoms with E-state index in [2.05, 4.69) is 13.2 Å². The van der Waals surface area contributed by atoms with Crippen LogP contribution in [0, 0.1) is 0 Å². The highest BCUT2D eigenvalue weighted by atomic mass is 35.5. The number of hydrogen-bond donors (Lipinski definition) is 3. The molecule has 0 heterocycles. The molecule has 6 heteroatoms. The van der Waals surface area contributed by atoms with Crippen molar-refractivity contribution >= 4 is 11.9 Å². The van der Waals surface area contributed by atoms with Gasteiger partial charge in [-0.2, -0.15) is 0 Å². The van der Waals surface area contributed by atoms with Crippen molar-refractivity contribution in [1.29, 1.82) is 0 Å². The van der Waals surface area contributed by atoms with Crippen LogP contribution in [-0.2, 0) is 9.59 Å². The van der Waals surface area contributed by atoms with Crippen molar-refractivity contribution in [2.24, 2.45) is 0 Å². The molecule has 0 aliphatic carbocycles. The van der Waals surface area contributed by atoms with Crippen molar-refractivity contribution in [2.45, 2.75) is 18.9 Å². The minimum Gasteiger partial charge on any atom is -1.00 e. The first-order valence-corrected chi connectivity index (χ1v) is 5.03. The Bertz CT molecular complexity index is 271. The monoisotopic (exact) mass is 263 g/mol. The summed E-state index contributed by atoms with van der Waals surface area (Å²) in [6.07, 6.45) is 3.21. The van der Waals surface area contributed by atoms with Crippen LogP contribution in [0.4, 0.5) is 0 Å². The molecule has 0 saturated carbocycles. The van der Waals surface area contributed by atoms with Crippen molar-refractivity contribution in [3.63, 3.8) is 0 Å². The summed E-state index contributed by atoms with van der Waals surface area (Å²) in [5, 5.41) is 17.6. The van der Waals surface area contributed by atoms with Crippen molar-refractivity contribution in [3.8, 4) is 0 Å². The van der Waals surface area contributed by atoms with Gasteiger partial charge in [-0.05, 0) is 12.2 Å². The average Bonchev–Trinajstić information content (AvgIpc) is 2.17. The minimum absolute atomic E-state index is 0. The Morgan fingerprint density at radius 3 is 1.94 bits per heavy atom. The Kier molecular flexibility index (Phi) is 10.5. The van der Waals surface area contributed by atoms with E-state index >= 15 is 0 Å². The second-order valence-corrected chi connectivity index (χ2v) is 3.47. The van der Waals surface area contributed by atoms with Gasteiger partial charge in [0.25, 0.3) is 0 Å². The first kappa shape index (κ1) is 18.0. The van der Waals surface area contributed by atoms with E-state index in [0.29, 0.717) is 13.1 Å². The third kappa shape index (κ3) is 7.54. The highest BCUT2D eigenvalue weighted by Crippen LogP contribution is 1.94. The average molecular weight is 264 g/mol. The van der Waals surface area contributed by atoms with Crippen LogP contribution >= 0.6 is 0 Å². The molecule has 0 aliphatic heterocycles. The molecule has 5 nitrogen and oxygen atoms in total. The lowest BCUT2D eigenvalue weighted by atomic mass is 10.1. The fourth-order valence-electron chi connectivity index (χ4n) is 1.51. The van der Waals surface area contributed by atoms with Gasteiger partial charge in [0, 0.05) is 6.42 Å². The fraction of sp³-hybridized carbons (Fsp3) is 0.455. The van der Waals surface area contributed by atoms with Crippen molar-refractivity contribution in [3.05, 3.63) is 25.3 Å². The van der Waals surface area contributed by atoms with Gasteiger partial charge in [0.2, 0.25) is 0 Å². The standard InChI is InChI=1S/C11H17NO4.ClH/c1-3-7-12(8-4-2)9(11(15)16)5-6-10(13)14;/h3-4,9H,1-2,5-8H2,(H,13,14)(H,15,16);1H. The maximum Gasteiger partial charge on any atom is 0.362 e. The molecule has 0 fully saturated rings. The molecular weight excluding hydrogens is 246 g/mol. The van der Waals surface area contributed by atoms with Gasteiger partial charge in [0.1, 0.15) is 0 Å². The summed E-state index contributed by atoms with van der Waals surface area (Å²) in [7, 11) is 0. The van der Waals surface area contributed by atoms with Crippen LogP contribution in [-0.4, -0.2) is 41.3 Å². The summed E-state index contributed by atoms with van der Waals surface area (Å²) in [5.74, 6) is -1.97. The summed E-state index contributed by atoms with van der Waals surface area (Å²) in [4.78, 5) is 22.2. The molecule has 1 unspecified atom stereocenters. The summed E-state index contributed by atoms with van der Waals surface area (Å²) in [5.41, 5.74) is 0. The fourth-order valence-corrected chi connectivity index (χ4v) is 1.51. The molecule has 0 radical (unpaired) electrons. The minimum atomic E-state index is -0.986. The predicted molar refractivity (Wildman–Crippen MR) is 59.4 cm³/mol. The van der Waals surface area contributed by atoms with Crippen LogP contribution in [0.1, 0.15) is 12.8 Å². The molecule has 3 N–H and O–H groups in total. The highest BCUT2D eigenvalue weighted by molar-refractivity contribution is 5.73. The first-order chi connectivity index (χ1) is 7.52. The lowest BCUT2D eigenvalue weighted by molar-refractivity contribution is -0.905. The van der Waals surface area contributed by atoms with Crippen LogP contribution in [0.5, 0.6) is 0 Å². The Morgan fingerprint density at radius 1 is 1.18 bits per heavy atom. The SMILES string of the molecule is C=CC[NH+](CC=C)C(CCC(=O)O)C(=O)O.[Cl-]. The van der Waals surface area contributed by atoms with E-state index < -0.39 is 18.0 Å². The first-order valence-electron chi connectivity index (χ1n) is 5.03. The number of aliphatic carboxylic acids is 2. The van der Waals surface area contributed by atoms with Crippen LogP contribution in [0.3, 0.4) is 0 Å². The molecule has 0 aliphatic rings. The lowest BCUT2D eigenvalue weighted by Gasteiger charge is -2.23. The summed E-state index contributed by atoms with van der Waals surface area (Å²) >= 11 is 0. The van der Waals surface area contributed by atoms with Crippen molar-refractivity contribution in [2.75, 3.05) is 13.1 Å². The third-order valence-corrected chi connectivity index (χ3v) is 2.25. The number of halogens is 1. The van der Waals surface area contributed by atoms with E-state index in [4.69, 9.17) is 10.2 Å². The Labute approximate surface area is 107 Å². The molecular formula is C11H18ClNO4. The molecule has 0 saturated heterocycles. The number of hydrogen-bond acceptors (Lipinski definition) is 2. The molecule has 0 aromatic carbocycles. The zero-order valence-corrected chi connectivity index (χ0v) is 10.3. The normalized spacial score (nSPS) is 11.4. The quantitative estimate of drug-likeness (QED) is 0.379. The summed E-state index contributed by atoms with van der Waals surface area (Å²) in [6, 6.07) is -0.730. The van der Waals surface area contributed by atoms with Gasteiger partial charge in [-0.3, -0.25) is 4.79 Å². The predicted octanol–water partition coefficient (Wildman–Crippen LogP) is -3.43. The van der Waals surface area contributed by atoms with E-state index in [9.17, 15) is 9.59 Å². The van der Waals surface area contributed by atoms with E-state index in [-0.39, 0.29) is 25.2 Å². The Morgan fingerprint density at radius 2 is 1.65 bits per heavy atom. The maximum atomic E-state index is 11.0. The van der Waals surface area contributed by atoms with Gasteiger partial charge in [0.05, 0.1) is 19.5 Å². The smallest absolute Gasteiger partial charge is 0.362 e. The van der Waals surface area contributed by atoms with Gasteiger partial charge >= 0.3 is 11.9 Å². The second kappa shape index (κ2) is 9.86. The molecule has 17 heavy (non-hydrogen) atoms. The second-order valence-electron chi connectivity index (χ2n) is 3.47. The van der Waals surface area contributed by atoms with Gasteiger partial charge in [0.15, 0.2) is 6.04 Å². The number of rotatable bonds is 9. The third-order valence-electron chi connectivity index (χ3n) is 2.25. The molecule has 0 aromatic rings. The maximum absolute atomic E-state index is 11.0. The van der Waals surface area contributed by atoms with E-state index in [1.165, 1.54) is 0 Å². The van der Waals surface area contributed by atoms with E-state index in [1.807, 2.05) is 0 Å². The molecule has 0 rings (SSSR count).